The van der Waals surface area contributed by atoms with E-state index < -0.39 is 0 Å². The molecule has 1 aromatic rings. The molecule has 94 valence electrons. The summed E-state index contributed by atoms with van der Waals surface area (Å²) in [6.45, 7) is 4.91. The lowest BCUT2D eigenvalue weighted by molar-refractivity contribution is -0.143. The average molecular weight is 236 g/mol. The Bertz CT molecular complexity index is 347. The van der Waals surface area contributed by atoms with E-state index in [0.717, 1.165) is 12.2 Å². The van der Waals surface area contributed by atoms with Crippen molar-refractivity contribution in [3.8, 4) is 5.75 Å². The number of carbonyl (C=O) groups is 1. The third kappa shape index (κ3) is 5.38. The second kappa shape index (κ2) is 7.71. The molecule has 0 heterocycles. The van der Waals surface area contributed by atoms with Gasteiger partial charge in [-0.05, 0) is 37.5 Å². The van der Waals surface area contributed by atoms with Gasteiger partial charge in [0.25, 0.3) is 0 Å². The highest BCUT2D eigenvalue weighted by atomic mass is 16.5. The highest BCUT2D eigenvalue weighted by Crippen LogP contribution is 2.14. The zero-order valence-corrected chi connectivity index (χ0v) is 10.6. The fourth-order valence-corrected chi connectivity index (χ4v) is 1.49. The summed E-state index contributed by atoms with van der Waals surface area (Å²) in [7, 11) is 0. The minimum Gasteiger partial charge on any atom is -0.494 e. The zero-order chi connectivity index (χ0) is 12.5. The molecular formula is C14H20O3. The largest absolute Gasteiger partial charge is 0.494 e. The van der Waals surface area contributed by atoms with E-state index in [1.165, 1.54) is 5.56 Å². The van der Waals surface area contributed by atoms with E-state index in [2.05, 4.69) is 13.0 Å². The van der Waals surface area contributed by atoms with Crippen LogP contribution in [-0.4, -0.2) is 19.2 Å². The molecule has 0 saturated heterocycles. The average Bonchev–Trinajstić information content (AvgIpc) is 2.35. The van der Waals surface area contributed by atoms with Crippen molar-refractivity contribution in [2.75, 3.05) is 13.2 Å². The highest BCUT2D eigenvalue weighted by molar-refractivity contribution is 5.69. The number of ether oxygens (including phenoxy) is 2. The fraction of sp³-hybridized carbons (Fsp3) is 0.500. The van der Waals surface area contributed by atoms with Gasteiger partial charge in [0.2, 0.25) is 0 Å². The second-order valence-corrected chi connectivity index (χ2v) is 3.76. The van der Waals surface area contributed by atoms with Crippen molar-refractivity contribution in [3.63, 3.8) is 0 Å². The fourth-order valence-electron chi connectivity index (χ4n) is 1.49. The van der Waals surface area contributed by atoms with E-state index in [1.807, 2.05) is 25.1 Å². The summed E-state index contributed by atoms with van der Waals surface area (Å²) >= 11 is 0. The van der Waals surface area contributed by atoms with Crippen molar-refractivity contribution in [2.24, 2.45) is 0 Å². The lowest BCUT2D eigenvalue weighted by atomic mass is 10.2. The van der Waals surface area contributed by atoms with Gasteiger partial charge in [0.1, 0.15) is 5.75 Å². The first kappa shape index (κ1) is 13.6. The van der Waals surface area contributed by atoms with E-state index in [4.69, 9.17) is 9.47 Å². The summed E-state index contributed by atoms with van der Waals surface area (Å²) in [4.78, 5) is 11.1. The van der Waals surface area contributed by atoms with Gasteiger partial charge in [-0.25, -0.2) is 0 Å². The van der Waals surface area contributed by atoms with Crippen LogP contribution in [-0.2, 0) is 16.0 Å². The standard InChI is InChI=1S/C14H20O3/c1-3-12-7-5-8-13(11-12)17-10-6-9-14(15)16-4-2/h5,7-8,11H,3-4,6,9-10H2,1-2H3. The molecule has 3 heteroatoms. The molecule has 3 nitrogen and oxygen atoms in total. The Morgan fingerprint density at radius 1 is 1.29 bits per heavy atom. The topological polar surface area (TPSA) is 35.5 Å². The van der Waals surface area contributed by atoms with Crippen molar-refractivity contribution in [1.82, 2.24) is 0 Å². The van der Waals surface area contributed by atoms with Crippen molar-refractivity contribution < 1.29 is 14.3 Å². The molecule has 0 fully saturated rings. The smallest absolute Gasteiger partial charge is 0.305 e. The van der Waals surface area contributed by atoms with Crippen molar-refractivity contribution in [3.05, 3.63) is 29.8 Å². The summed E-state index contributed by atoms with van der Waals surface area (Å²) < 4.78 is 10.4. The van der Waals surface area contributed by atoms with Crippen LogP contribution in [0, 0.1) is 0 Å². The third-order valence-corrected chi connectivity index (χ3v) is 2.41. The van der Waals surface area contributed by atoms with Gasteiger partial charge in [0, 0.05) is 6.42 Å². The monoisotopic (exact) mass is 236 g/mol. The minimum atomic E-state index is -0.154. The molecule has 0 saturated carbocycles. The molecule has 0 N–H and O–H groups in total. The normalized spacial score (nSPS) is 10.0. The van der Waals surface area contributed by atoms with Gasteiger partial charge in [-0.1, -0.05) is 19.1 Å². The number of aryl methyl sites for hydroxylation is 1. The lowest BCUT2D eigenvalue weighted by Gasteiger charge is -2.07. The molecule has 0 spiro atoms. The van der Waals surface area contributed by atoms with Crippen LogP contribution in [0.2, 0.25) is 0 Å². The molecule has 0 aliphatic heterocycles. The maximum absolute atomic E-state index is 11.1. The van der Waals surface area contributed by atoms with Gasteiger partial charge >= 0.3 is 5.97 Å². The van der Waals surface area contributed by atoms with Crippen LogP contribution in [0.1, 0.15) is 32.3 Å². The second-order valence-electron chi connectivity index (χ2n) is 3.76. The summed E-state index contributed by atoms with van der Waals surface area (Å²) in [5.41, 5.74) is 1.26. The number of esters is 1. The molecule has 0 unspecified atom stereocenters. The van der Waals surface area contributed by atoms with Gasteiger partial charge in [-0.3, -0.25) is 4.79 Å². The Morgan fingerprint density at radius 2 is 2.12 bits per heavy atom. The summed E-state index contributed by atoms with van der Waals surface area (Å²) in [6.07, 6.45) is 2.11. The quantitative estimate of drug-likeness (QED) is 0.539. The maximum atomic E-state index is 11.1. The van der Waals surface area contributed by atoms with Crippen LogP contribution in [0.25, 0.3) is 0 Å². The van der Waals surface area contributed by atoms with Gasteiger partial charge < -0.3 is 9.47 Å². The molecule has 0 aliphatic carbocycles. The highest BCUT2D eigenvalue weighted by Gasteiger charge is 2.01. The maximum Gasteiger partial charge on any atom is 0.305 e. The number of benzene rings is 1. The van der Waals surface area contributed by atoms with Crippen molar-refractivity contribution >= 4 is 5.97 Å². The Kier molecular flexibility index (Phi) is 6.15. The molecule has 0 aromatic heterocycles. The summed E-state index contributed by atoms with van der Waals surface area (Å²) in [5, 5.41) is 0. The molecule has 0 amide bonds. The Labute approximate surface area is 103 Å². The minimum absolute atomic E-state index is 0.154. The molecule has 0 radical (unpaired) electrons. The van der Waals surface area contributed by atoms with Crippen molar-refractivity contribution in [2.45, 2.75) is 33.1 Å². The molecule has 0 bridgehead atoms. The number of carbonyl (C=O) groups excluding carboxylic acids is 1. The molecule has 17 heavy (non-hydrogen) atoms. The third-order valence-electron chi connectivity index (χ3n) is 2.41. The van der Waals surface area contributed by atoms with Crippen LogP contribution in [0.5, 0.6) is 5.75 Å². The molecule has 1 aromatic carbocycles. The SMILES string of the molecule is CCOC(=O)CCCOc1cccc(CC)c1. The molecule has 0 aliphatic rings. The Balaban J connectivity index is 2.24. The van der Waals surface area contributed by atoms with Crippen LogP contribution in [0.15, 0.2) is 24.3 Å². The Morgan fingerprint density at radius 3 is 2.82 bits per heavy atom. The number of hydrogen-bond acceptors (Lipinski definition) is 3. The van der Waals surface area contributed by atoms with Gasteiger partial charge in [0.05, 0.1) is 13.2 Å². The molecule has 0 atom stereocenters. The first-order chi connectivity index (χ1) is 8.26. The molecule has 1 rings (SSSR count). The van der Waals surface area contributed by atoms with Crippen molar-refractivity contribution in [1.29, 1.82) is 0 Å². The molecular weight excluding hydrogens is 216 g/mol. The first-order valence-corrected chi connectivity index (χ1v) is 6.13. The Hall–Kier alpha value is -1.51. The number of hydrogen-bond donors (Lipinski definition) is 0. The predicted octanol–water partition coefficient (Wildman–Crippen LogP) is 2.97. The first-order valence-electron chi connectivity index (χ1n) is 6.13. The van der Waals surface area contributed by atoms with E-state index in [9.17, 15) is 4.79 Å². The van der Waals surface area contributed by atoms with E-state index in [-0.39, 0.29) is 5.97 Å². The van der Waals surface area contributed by atoms with E-state index >= 15 is 0 Å². The van der Waals surface area contributed by atoms with Crippen LogP contribution < -0.4 is 4.74 Å². The van der Waals surface area contributed by atoms with Gasteiger partial charge in [-0.15, -0.1) is 0 Å². The lowest BCUT2D eigenvalue weighted by Crippen LogP contribution is -2.06. The van der Waals surface area contributed by atoms with Gasteiger partial charge in [0.15, 0.2) is 0 Å². The van der Waals surface area contributed by atoms with E-state index in [0.29, 0.717) is 26.1 Å². The van der Waals surface area contributed by atoms with E-state index in [1.54, 1.807) is 0 Å². The zero-order valence-electron chi connectivity index (χ0n) is 10.6. The van der Waals surface area contributed by atoms with Crippen LogP contribution in [0.3, 0.4) is 0 Å². The predicted molar refractivity (Wildman–Crippen MR) is 67.2 cm³/mol. The van der Waals surface area contributed by atoms with Gasteiger partial charge in [-0.2, -0.15) is 0 Å². The number of rotatable bonds is 7. The van der Waals surface area contributed by atoms with Crippen LogP contribution in [0.4, 0.5) is 0 Å². The summed E-state index contributed by atoms with van der Waals surface area (Å²) in [5.74, 6) is 0.714. The summed E-state index contributed by atoms with van der Waals surface area (Å²) in [6, 6.07) is 8.03. The van der Waals surface area contributed by atoms with Crippen LogP contribution >= 0.6 is 0 Å².